The molecule has 0 bridgehead atoms. The Morgan fingerprint density at radius 3 is 2.83 bits per heavy atom. The number of carboxylic acids is 1. The summed E-state index contributed by atoms with van der Waals surface area (Å²) in [5, 5.41) is 11.6. The van der Waals surface area contributed by atoms with Gasteiger partial charge in [-0.25, -0.2) is 0 Å². The summed E-state index contributed by atoms with van der Waals surface area (Å²) < 4.78 is 5.34. The Morgan fingerprint density at radius 1 is 1.39 bits per heavy atom. The van der Waals surface area contributed by atoms with Crippen LogP contribution in [0.4, 0.5) is 0 Å². The molecule has 2 fully saturated rings. The van der Waals surface area contributed by atoms with E-state index in [0.29, 0.717) is 38.8 Å². The molecule has 1 aliphatic carbocycles. The van der Waals surface area contributed by atoms with Crippen molar-refractivity contribution in [1.82, 2.24) is 10.2 Å². The van der Waals surface area contributed by atoms with Crippen molar-refractivity contribution in [2.45, 2.75) is 37.8 Å². The Labute approximate surface area is 106 Å². The van der Waals surface area contributed by atoms with Crippen LogP contribution in [0.15, 0.2) is 0 Å². The Bertz CT molecular complexity index is 317. The Kier molecular flexibility index (Phi) is 4.54. The molecule has 102 valence electrons. The van der Waals surface area contributed by atoms with E-state index in [1.807, 2.05) is 4.90 Å². The molecule has 0 radical (unpaired) electrons. The molecule has 1 saturated heterocycles. The summed E-state index contributed by atoms with van der Waals surface area (Å²) in [6.07, 6.45) is 2.85. The number of carbonyl (C=O) groups excluding carboxylic acids is 1. The van der Waals surface area contributed by atoms with Gasteiger partial charge in [-0.2, -0.15) is 0 Å². The number of hydrogen-bond donors (Lipinski definition) is 2. The lowest BCUT2D eigenvalue weighted by Crippen LogP contribution is -2.54. The third-order valence-corrected chi connectivity index (χ3v) is 3.30. The molecule has 2 aliphatic rings. The highest BCUT2D eigenvalue weighted by molar-refractivity contribution is 5.82. The summed E-state index contributed by atoms with van der Waals surface area (Å²) in [7, 11) is 0. The number of nitrogens with zero attached hydrogens (tertiary/aromatic N) is 1. The van der Waals surface area contributed by atoms with Gasteiger partial charge >= 0.3 is 5.97 Å². The van der Waals surface area contributed by atoms with Crippen LogP contribution in [0.25, 0.3) is 0 Å². The van der Waals surface area contributed by atoms with E-state index < -0.39 is 5.97 Å². The van der Waals surface area contributed by atoms with Gasteiger partial charge < -0.3 is 15.2 Å². The van der Waals surface area contributed by atoms with Crippen LogP contribution in [0, 0.1) is 0 Å². The van der Waals surface area contributed by atoms with Crippen molar-refractivity contribution in [2.75, 3.05) is 26.3 Å². The van der Waals surface area contributed by atoms with Crippen LogP contribution in [0.2, 0.25) is 0 Å². The highest BCUT2D eigenvalue weighted by Gasteiger charge is 2.32. The summed E-state index contributed by atoms with van der Waals surface area (Å²) in [4.78, 5) is 24.5. The predicted molar refractivity (Wildman–Crippen MR) is 64.2 cm³/mol. The minimum Gasteiger partial charge on any atom is -0.481 e. The second-order valence-electron chi connectivity index (χ2n) is 4.91. The third kappa shape index (κ3) is 3.96. The fourth-order valence-corrected chi connectivity index (χ4v) is 2.11. The number of carboxylic acid groups (broad SMARTS) is 1. The number of carbonyl (C=O) groups is 2. The average Bonchev–Trinajstić information content (AvgIpc) is 3.13. The van der Waals surface area contributed by atoms with Gasteiger partial charge in [0.15, 0.2) is 0 Å². The number of nitrogens with one attached hydrogen (secondary N) is 1. The van der Waals surface area contributed by atoms with Gasteiger partial charge in [0.05, 0.1) is 13.2 Å². The fraction of sp³-hybridized carbons (Fsp3) is 0.833. The standard InChI is InChI=1S/C12H20N2O4/c15-11(16)2-1-5-14-6-7-18-8-10(14)12(17)13-9-3-4-9/h9-10H,1-8H2,(H,13,17)(H,15,16). The van der Waals surface area contributed by atoms with Crippen molar-refractivity contribution < 1.29 is 19.4 Å². The van der Waals surface area contributed by atoms with Gasteiger partial charge in [-0.3, -0.25) is 14.5 Å². The fourth-order valence-electron chi connectivity index (χ4n) is 2.11. The molecule has 2 N–H and O–H groups in total. The number of hydrogen-bond acceptors (Lipinski definition) is 4. The van der Waals surface area contributed by atoms with Crippen LogP contribution in [-0.4, -0.2) is 60.3 Å². The summed E-state index contributed by atoms with van der Waals surface area (Å²) in [6, 6.07) is 0.0911. The zero-order chi connectivity index (χ0) is 13.0. The molecule has 18 heavy (non-hydrogen) atoms. The molecule has 1 unspecified atom stereocenters. The molecule has 0 spiro atoms. The molecule has 6 heteroatoms. The second kappa shape index (κ2) is 6.15. The van der Waals surface area contributed by atoms with E-state index in [9.17, 15) is 9.59 Å². The lowest BCUT2D eigenvalue weighted by molar-refractivity contribution is -0.137. The number of ether oxygens (including phenoxy) is 1. The number of aliphatic carboxylic acids is 1. The van der Waals surface area contributed by atoms with E-state index in [-0.39, 0.29) is 18.4 Å². The zero-order valence-corrected chi connectivity index (χ0v) is 10.4. The van der Waals surface area contributed by atoms with E-state index in [1.54, 1.807) is 0 Å². The molecule has 1 saturated carbocycles. The van der Waals surface area contributed by atoms with Gasteiger partial charge in [-0.15, -0.1) is 0 Å². The Morgan fingerprint density at radius 2 is 2.17 bits per heavy atom. The molecule has 0 aromatic carbocycles. The maximum Gasteiger partial charge on any atom is 0.303 e. The minimum absolute atomic E-state index is 0.0209. The lowest BCUT2D eigenvalue weighted by atomic mass is 10.2. The van der Waals surface area contributed by atoms with Gasteiger partial charge in [0.25, 0.3) is 0 Å². The van der Waals surface area contributed by atoms with Gasteiger partial charge in [0.1, 0.15) is 6.04 Å². The van der Waals surface area contributed by atoms with Crippen molar-refractivity contribution in [3.63, 3.8) is 0 Å². The van der Waals surface area contributed by atoms with E-state index >= 15 is 0 Å². The summed E-state index contributed by atoms with van der Waals surface area (Å²) in [5.41, 5.74) is 0. The Hall–Kier alpha value is -1.14. The quantitative estimate of drug-likeness (QED) is 0.690. The topological polar surface area (TPSA) is 78.9 Å². The maximum atomic E-state index is 12.0. The third-order valence-electron chi connectivity index (χ3n) is 3.30. The van der Waals surface area contributed by atoms with E-state index in [0.717, 1.165) is 12.8 Å². The predicted octanol–water partition coefficient (Wildman–Crippen LogP) is -0.169. The van der Waals surface area contributed by atoms with Crippen LogP contribution in [0.3, 0.4) is 0 Å². The molecular weight excluding hydrogens is 236 g/mol. The minimum atomic E-state index is -0.790. The van der Waals surface area contributed by atoms with Crippen LogP contribution in [0.5, 0.6) is 0 Å². The summed E-state index contributed by atoms with van der Waals surface area (Å²) in [6.45, 7) is 2.35. The molecule has 1 atom stereocenters. The molecule has 1 amide bonds. The Balaban J connectivity index is 1.80. The van der Waals surface area contributed by atoms with E-state index in [4.69, 9.17) is 9.84 Å². The first-order valence-electron chi connectivity index (χ1n) is 6.51. The second-order valence-corrected chi connectivity index (χ2v) is 4.91. The highest BCUT2D eigenvalue weighted by atomic mass is 16.5. The molecule has 1 aliphatic heterocycles. The first-order chi connectivity index (χ1) is 8.66. The monoisotopic (exact) mass is 256 g/mol. The molecule has 0 aromatic rings. The molecule has 2 rings (SSSR count). The SMILES string of the molecule is O=C(O)CCCN1CCOCC1C(=O)NC1CC1. The van der Waals surface area contributed by atoms with Crippen molar-refractivity contribution >= 4 is 11.9 Å². The average molecular weight is 256 g/mol. The first-order valence-corrected chi connectivity index (χ1v) is 6.51. The van der Waals surface area contributed by atoms with Crippen molar-refractivity contribution in [1.29, 1.82) is 0 Å². The molecule has 1 heterocycles. The largest absolute Gasteiger partial charge is 0.481 e. The summed E-state index contributed by atoms with van der Waals surface area (Å²) in [5.74, 6) is -0.769. The molecule has 6 nitrogen and oxygen atoms in total. The van der Waals surface area contributed by atoms with Crippen molar-refractivity contribution in [3.8, 4) is 0 Å². The number of morpholine rings is 1. The van der Waals surface area contributed by atoms with Gasteiger partial charge in [-0.1, -0.05) is 0 Å². The van der Waals surface area contributed by atoms with Crippen LogP contribution >= 0.6 is 0 Å². The van der Waals surface area contributed by atoms with E-state index in [2.05, 4.69) is 5.32 Å². The maximum absolute atomic E-state index is 12.0. The van der Waals surface area contributed by atoms with Crippen molar-refractivity contribution in [2.24, 2.45) is 0 Å². The number of amides is 1. The lowest BCUT2D eigenvalue weighted by Gasteiger charge is -2.34. The number of rotatable bonds is 6. The highest BCUT2D eigenvalue weighted by Crippen LogP contribution is 2.19. The van der Waals surface area contributed by atoms with Crippen LogP contribution in [0.1, 0.15) is 25.7 Å². The molecule has 0 aromatic heterocycles. The van der Waals surface area contributed by atoms with Gasteiger partial charge in [0.2, 0.25) is 5.91 Å². The van der Waals surface area contributed by atoms with Crippen LogP contribution in [-0.2, 0) is 14.3 Å². The normalized spacial score (nSPS) is 24.8. The zero-order valence-electron chi connectivity index (χ0n) is 10.4. The smallest absolute Gasteiger partial charge is 0.303 e. The molecular formula is C12H20N2O4. The first kappa shape index (κ1) is 13.3. The van der Waals surface area contributed by atoms with Crippen LogP contribution < -0.4 is 5.32 Å². The van der Waals surface area contributed by atoms with Gasteiger partial charge in [0, 0.05) is 19.0 Å². The van der Waals surface area contributed by atoms with E-state index in [1.165, 1.54) is 0 Å². The van der Waals surface area contributed by atoms with Gasteiger partial charge in [-0.05, 0) is 25.8 Å². The summed E-state index contributed by atoms with van der Waals surface area (Å²) >= 11 is 0. The van der Waals surface area contributed by atoms with Crippen molar-refractivity contribution in [3.05, 3.63) is 0 Å².